The lowest BCUT2D eigenvalue weighted by molar-refractivity contribution is 0.0955. The van der Waals surface area contributed by atoms with E-state index >= 15 is 0 Å². The van der Waals surface area contributed by atoms with Crippen molar-refractivity contribution in [2.45, 2.75) is 26.7 Å². The highest BCUT2D eigenvalue weighted by Gasteiger charge is 2.14. The monoisotopic (exact) mass is 243 g/mol. The Morgan fingerprint density at radius 3 is 2.72 bits per heavy atom. The molecule has 2 aromatic rings. The molecule has 1 aromatic heterocycles. The first-order valence-electron chi connectivity index (χ1n) is 5.95. The topological polar surface area (TPSA) is 68.0 Å². The highest BCUT2D eigenvalue weighted by atomic mass is 16.2. The van der Waals surface area contributed by atoms with Gasteiger partial charge in [0.1, 0.15) is 0 Å². The molecule has 1 amide bonds. The number of nitrogens with two attached hydrogens (primary N) is 1. The Balaban J connectivity index is 2.82. The second kappa shape index (κ2) is 4.74. The fourth-order valence-corrected chi connectivity index (χ4v) is 2.13. The third-order valence-corrected chi connectivity index (χ3v) is 3.00. The number of aromatic nitrogens is 1. The van der Waals surface area contributed by atoms with E-state index in [1.165, 1.54) is 0 Å². The number of aryl methyl sites for hydroxylation is 1. The van der Waals surface area contributed by atoms with E-state index in [4.69, 9.17) is 5.84 Å². The number of hydrogen-bond acceptors (Lipinski definition) is 3. The van der Waals surface area contributed by atoms with Crippen LogP contribution in [0.1, 0.15) is 41.4 Å². The minimum absolute atomic E-state index is 0.286. The normalized spacial score (nSPS) is 10.9. The van der Waals surface area contributed by atoms with Gasteiger partial charge in [-0.25, -0.2) is 5.84 Å². The van der Waals surface area contributed by atoms with E-state index in [9.17, 15) is 4.79 Å². The quantitative estimate of drug-likeness (QED) is 0.483. The van der Waals surface area contributed by atoms with Crippen LogP contribution in [0.2, 0.25) is 0 Å². The largest absolute Gasteiger partial charge is 0.290 e. The maximum absolute atomic E-state index is 11.8. The van der Waals surface area contributed by atoms with E-state index in [1.807, 2.05) is 25.1 Å². The van der Waals surface area contributed by atoms with Gasteiger partial charge < -0.3 is 0 Å². The molecule has 0 atom stereocenters. The van der Waals surface area contributed by atoms with Crippen LogP contribution in [-0.2, 0) is 0 Å². The lowest BCUT2D eigenvalue weighted by Gasteiger charge is -2.12. The Morgan fingerprint density at radius 1 is 1.39 bits per heavy atom. The van der Waals surface area contributed by atoms with E-state index < -0.39 is 0 Å². The highest BCUT2D eigenvalue weighted by Crippen LogP contribution is 2.26. The van der Waals surface area contributed by atoms with Crippen molar-refractivity contribution in [2.24, 2.45) is 5.84 Å². The summed E-state index contributed by atoms with van der Waals surface area (Å²) in [6, 6.07) is 7.65. The first-order chi connectivity index (χ1) is 8.54. The van der Waals surface area contributed by atoms with Crippen LogP contribution in [0.4, 0.5) is 0 Å². The molecular weight excluding hydrogens is 226 g/mol. The molecule has 0 aliphatic heterocycles. The first-order valence-corrected chi connectivity index (χ1v) is 5.95. The number of benzene rings is 1. The molecule has 4 heteroatoms. The summed E-state index contributed by atoms with van der Waals surface area (Å²) >= 11 is 0. The molecular formula is C14H17N3O. The zero-order valence-corrected chi connectivity index (χ0v) is 10.8. The lowest BCUT2D eigenvalue weighted by atomic mass is 9.97. The van der Waals surface area contributed by atoms with Gasteiger partial charge in [-0.3, -0.25) is 15.2 Å². The number of pyridine rings is 1. The third-order valence-electron chi connectivity index (χ3n) is 3.00. The minimum Gasteiger partial charge on any atom is -0.290 e. The van der Waals surface area contributed by atoms with E-state index in [-0.39, 0.29) is 5.91 Å². The second-order valence-electron chi connectivity index (χ2n) is 4.68. The number of nitrogens with one attached hydrogen (secondary N) is 1. The van der Waals surface area contributed by atoms with Crippen molar-refractivity contribution < 1.29 is 4.79 Å². The molecule has 0 saturated carbocycles. The van der Waals surface area contributed by atoms with Gasteiger partial charge in [-0.05, 0) is 24.5 Å². The predicted octanol–water partition coefficient (Wildman–Crippen LogP) is 2.27. The molecule has 0 fully saturated rings. The fourth-order valence-electron chi connectivity index (χ4n) is 2.13. The van der Waals surface area contributed by atoms with Crippen LogP contribution >= 0.6 is 0 Å². The standard InChI is InChI=1S/C14H17N3O/c1-8(2)10-5-4-6-11-12(14(18)17-15)7-9(3)16-13(10)11/h4-8H,15H2,1-3H3,(H,17,18). The number of hydrogen-bond donors (Lipinski definition) is 2. The van der Waals surface area contributed by atoms with Gasteiger partial charge in [0, 0.05) is 11.1 Å². The van der Waals surface area contributed by atoms with Crippen LogP contribution in [0.25, 0.3) is 10.9 Å². The molecule has 0 radical (unpaired) electrons. The van der Waals surface area contributed by atoms with Gasteiger partial charge in [0.15, 0.2) is 0 Å². The third kappa shape index (κ3) is 2.07. The zero-order chi connectivity index (χ0) is 13.3. The van der Waals surface area contributed by atoms with Crippen molar-refractivity contribution >= 4 is 16.8 Å². The molecule has 0 aliphatic carbocycles. The summed E-state index contributed by atoms with van der Waals surface area (Å²) in [4.78, 5) is 16.4. The summed E-state index contributed by atoms with van der Waals surface area (Å²) in [6.45, 7) is 6.10. The molecule has 0 aliphatic rings. The average molecular weight is 243 g/mol. The number of nitrogen functional groups attached to an aromatic ring is 1. The number of hydrazine groups is 1. The number of fused-ring (bicyclic) bond motifs is 1. The highest BCUT2D eigenvalue weighted by molar-refractivity contribution is 6.06. The minimum atomic E-state index is -0.286. The Bertz CT molecular complexity index is 605. The Hall–Kier alpha value is -1.94. The van der Waals surface area contributed by atoms with Gasteiger partial charge in [0.25, 0.3) is 5.91 Å². The smallest absolute Gasteiger partial charge is 0.265 e. The lowest BCUT2D eigenvalue weighted by Crippen LogP contribution is -2.30. The second-order valence-corrected chi connectivity index (χ2v) is 4.68. The number of nitrogens with zero attached hydrogens (tertiary/aromatic N) is 1. The number of amides is 1. The van der Waals surface area contributed by atoms with Gasteiger partial charge in [-0.1, -0.05) is 32.0 Å². The van der Waals surface area contributed by atoms with Crippen LogP contribution in [0.5, 0.6) is 0 Å². The Morgan fingerprint density at radius 2 is 2.11 bits per heavy atom. The summed E-state index contributed by atoms with van der Waals surface area (Å²) in [7, 11) is 0. The molecule has 94 valence electrons. The molecule has 0 bridgehead atoms. The molecule has 0 saturated heterocycles. The predicted molar refractivity (Wildman–Crippen MR) is 72.2 cm³/mol. The fraction of sp³-hybridized carbons (Fsp3) is 0.286. The van der Waals surface area contributed by atoms with Gasteiger partial charge >= 0.3 is 0 Å². The van der Waals surface area contributed by atoms with Gasteiger partial charge in [0.2, 0.25) is 0 Å². The van der Waals surface area contributed by atoms with Crippen LogP contribution in [-0.4, -0.2) is 10.9 Å². The van der Waals surface area contributed by atoms with Crippen molar-refractivity contribution in [3.05, 3.63) is 41.1 Å². The molecule has 1 aromatic carbocycles. The summed E-state index contributed by atoms with van der Waals surface area (Å²) in [5.41, 5.74) is 5.59. The van der Waals surface area contributed by atoms with Crippen molar-refractivity contribution in [1.29, 1.82) is 0 Å². The first kappa shape index (κ1) is 12.5. The number of carbonyl (C=O) groups excluding carboxylic acids is 1. The van der Waals surface area contributed by atoms with Crippen molar-refractivity contribution in [2.75, 3.05) is 0 Å². The summed E-state index contributed by atoms with van der Waals surface area (Å²) in [5.74, 6) is 5.30. The van der Waals surface area contributed by atoms with E-state index in [0.717, 1.165) is 22.2 Å². The molecule has 0 spiro atoms. The van der Waals surface area contributed by atoms with Gasteiger partial charge in [0.05, 0.1) is 11.1 Å². The van der Waals surface area contributed by atoms with Crippen molar-refractivity contribution in [1.82, 2.24) is 10.4 Å². The van der Waals surface area contributed by atoms with E-state index in [2.05, 4.69) is 24.3 Å². The summed E-state index contributed by atoms with van der Waals surface area (Å²) in [6.07, 6.45) is 0. The maximum Gasteiger partial charge on any atom is 0.265 e. The average Bonchev–Trinajstić information content (AvgIpc) is 2.35. The number of rotatable bonds is 2. The molecule has 4 nitrogen and oxygen atoms in total. The molecule has 0 unspecified atom stereocenters. The zero-order valence-electron chi connectivity index (χ0n) is 10.8. The number of para-hydroxylation sites is 1. The number of carbonyl (C=O) groups is 1. The Labute approximate surface area is 106 Å². The van der Waals surface area contributed by atoms with Crippen LogP contribution in [0.15, 0.2) is 24.3 Å². The van der Waals surface area contributed by atoms with Gasteiger partial charge in [-0.2, -0.15) is 0 Å². The Kier molecular flexibility index (Phi) is 3.30. The maximum atomic E-state index is 11.8. The molecule has 18 heavy (non-hydrogen) atoms. The van der Waals surface area contributed by atoms with E-state index in [1.54, 1.807) is 6.07 Å². The van der Waals surface area contributed by atoms with Crippen LogP contribution in [0, 0.1) is 6.92 Å². The van der Waals surface area contributed by atoms with Crippen LogP contribution < -0.4 is 11.3 Å². The van der Waals surface area contributed by atoms with E-state index in [0.29, 0.717) is 11.5 Å². The molecule has 1 heterocycles. The van der Waals surface area contributed by atoms with Crippen LogP contribution in [0.3, 0.4) is 0 Å². The molecule has 3 N–H and O–H groups in total. The molecule has 2 rings (SSSR count). The SMILES string of the molecule is Cc1cc(C(=O)NN)c2cccc(C(C)C)c2n1. The van der Waals surface area contributed by atoms with Crippen molar-refractivity contribution in [3.63, 3.8) is 0 Å². The summed E-state index contributed by atoms with van der Waals surface area (Å²) < 4.78 is 0. The van der Waals surface area contributed by atoms with Crippen molar-refractivity contribution in [3.8, 4) is 0 Å². The van der Waals surface area contributed by atoms with Gasteiger partial charge in [-0.15, -0.1) is 0 Å². The summed E-state index contributed by atoms with van der Waals surface area (Å²) in [5, 5.41) is 0.842.